The maximum absolute atomic E-state index is 12.5. The third-order valence-electron chi connectivity index (χ3n) is 2.76. The number of rotatable bonds is 4. The van der Waals surface area contributed by atoms with Crippen molar-refractivity contribution >= 4 is 61.5 Å². The molecule has 112 valence electrons. The fraction of sp³-hybridized carbons (Fsp3) is 0.0769. The molecular weight excluding hydrogens is 446 g/mol. The van der Waals surface area contributed by atoms with Gasteiger partial charge < -0.3 is 5.73 Å². The van der Waals surface area contributed by atoms with E-state index in [1.165, 1.54) is 12.1 Å². The summed E-state index contributed by atoms with van der Waals surface area (Å²) < 4.78 is 28.2. The molecule has 0 atom stereocenters. The minimum atomic E-state index is -3.82. The van der Waals surface area contributed by atoms with Crippen LogP contribution >= 0.6 is 45.8 Å². The zero-order chi connectivity index (χ0) is 15.6. The summed E-state index contributed by atoms with van der Waals surface area (Å²) in [6.07, 6.45) is 0. The zero-order valence-corrected chi connectivity index (χ0v) is 15.1. The lowest BCUT2D eigenvalue weighted by molar-refractivity contribution is 0.601. The first-order valence-corrected chi connectivity index (χ1v) is 9.13. The van der Waals surface area contributed by atoms with Crippen LogP contribution < -0.4 is 10.5 Å². The first-order chi connectivity index (χ1) is 9.86. The highest BCUT2D eigenvalue weighted by atomic mass is 127. The number of halogens is 3. The Morgan fingerprint density at radius 3 is 2.43 bits per heavy atom. The van der Waals surface area contributed by atoms with E-state index in [2.05, 4.69) is 4.72 Å². The molecule has 0 aliphatic heterocycles. The van der Waals surface area contributed by atoms with Crippen LogP contribution in [-0.4, -0.2) is 8.42 Å². The molecule has 0 heterocycles. The Morgan fingerprint density at radius 1 is 1.14 bits per heavy atom. The Hall–Kier alpha value is -0.540. The van der Waals surface area contributed by atoms with Crippen LogP contribution in [0, 0.1) is 3.57 Å². The minimum Gasteiger partial charge on any atom is -0.326 e. The lowest BCUT2D eigenvalue weighted by Crippen LogP contribution is -2.15. The molecule has 4 nitrogen and oxygen atoms in total. The van der Waals surface area contributed by atoms with E-state index in [0.717, 1.165) is 3.57 Å². The molecule has 0 bridgehead atoms. The van der Waals surface area contributed by atoms with Gasteiger partial charge in [0, 0.05) is 20.7 Å². The maximum Gasteiger partial charge on any atom is 0.263 e. The van der Waals surface area contributed by atoms with Crippen molar-refractivity contribution in [1.29, 1.82) is 0 Å². The van der Waals surface area contributed by atoms with Gasteiger partial charge in [-0.05, 0) is 46.9 Å². The number of anilines is 1. The molecule has 2 rings (SSSR count). The molecule has 0 unspecified atom stereocenters. The molecule has 21 heavy (non-hydrogen) atoms. The SMILES string of the molecule is NCc1c(Cl)ccc(S(=O)(=O)Nc2ccccc2I)c1Cl. The van der Waals surface area contributed by atoms with Gasteiger partial charge in [-0.3, -0.25) is 4.72 Å². The van der Waals surface area contributed by atoms with Gasteiger partial charge in [0.05, 0.1) is 10.7 Å². The molecule has 0 fully saturated rings. The van der Waals surface area contributed by atoms with E-state index in [4.69, 9.17) is 28.9 Å². The van der Waals surface area contributed by atoms with Crippen LogP contribution in [0.25, 0.3) is 0 Å². The molecule has 0 aliphatic carbocycles. The molecular formula is C13H11Cl2IN2O2S. The number of sulfonamides is 1. The summed E-state index contributed by atoms with van der Waals surface area (Å²) in [5.41, 5.74) is 6.45. The van der Waals surface area contributed by atoms with Gasteiger partial charge in [-0.15, -0.1) is 0 Å². The lowest BCUT2D eigenvalue weighted by atomic mass is 10.2. The lowest BCUT2D eigenvalue weighted by Gasteiger charge is -2.13. The molecule has 0 saturated carbocycles. The van der Waals surface area contributed by atoms with Crippen LogP contribution in [0.2, 0.25) is 10.0 Å². The second-order valence-corrected chi connectivity index (χ2v) is 7.73. The molecule has 2 aromatic carbocycles. The maximum atomic E-state index is 12.5. The number of nitrogens with one attached hydrogen (secondary N) is 1. The Balaban J connectivity index is 2.48. The highest BCUT2D eigenvalue weighted by molar-refractivity contribution is 14.1. The quantitative estimate of drug-likeness (QED) is 0.686. The molecule has 2 aromatic rings. The molecule has 3 N–H and O–H groups in total. The number of nitrogens with two attached hydrogens (primary N) is 1. The van der Waals surface area contributed by atoms with Crippen molar-refractivity contribution < 1.29 is 8.42 Å². The third kappa shape index (κ3) is 3.62. The van der Waals surface area contributed by atoms with E-state index in [0.29, 0.717) is 16.3 Å². The zero-order valence-electron chi connectivity index (χ0n) is 10.6. The third-order valence-corrected chi connectivity index (χ3v) is 6.01. The number of hydrogen-bond donors (Lipinski definition) is 2. The normalized spacial score (nSPS) is 11.4. The average Bonchev–Trinajstić information content (AvgIpc) is 2.41. The molecule has 0 amide bonds. The number of benzene rings is 2. The van der Waals surface area contributed by atoms with Crippen LogP contribution in [0.15, 0.2) is 41.3 Å². The number of hydrogen-bond acceptors (Lipinski definition) is 3. The van der Waals surface area contributed by atoms with Crippen LogP contribution in [0.1, 0.15) is 5.56 Å². The molecule has 0 saturated heterocycles. The smallest absolute Gasteiger partial charge is 0.263 e. The van der Waals surface area contributed by atoms with Gasteiger partial charge in [-0.2, -0.15) is 0 Å². The topological polar surface area (TPSA) is 72.2 Å². The first kappa shape index (κ1) is 16.8. The summed E-state index contributed by atoms with van der Waals surface area (Å²) in [6.45, 7) is 0.0594. The van der Waals surface area contributed by atoms with E-state index in [9.17, 15) is 8.42 Å². The summed E-state index contributed by atoms with van der Waals surface area (Å²) in [5.74, 6) is 0. The predicted octanol–water partition coefficient (Wildman–Crippen LogP) is 3.86. The molecule has 0 radical (unpaired) electrons. The van der Waals surface area contributed by atoms with Crippen LogP contribution in [0.4, 0.5) is 5.69 Å². The highest BCUT2D eigenvalue weighted by Crippen LogP contribution is 2.32. The Bertz CT molecular complexity index is 782. The van der Waals surface area contributed by atoms with Gasteiger partial charge >= 0.3 is 0 Å². The van der Waals surface area contributed by atoms with Gasteiger partial charge in [-0.25, -0.2) is 8.42 Å². The minimum absolute atomic E-state index is 0.0449. The standard InChI is InChI=1S/C13H11Cl2IN2O2S/c14-9-5-6-12(13(15)8(9)7-17)21(19,20)18-11-4-2-1-3-10(11)16/h1-6,18H,7,17H2. The van der Waals surface area contributed by atoms with Gasteiger partial charge in [0.15, 0.2) is 0 Å². The van der Waals surface area contributed by atoms with Crippen molar-refractivity contribution in [2.75, 3.05) is 4.72 Å². The summed E-state index contributed by atoms with van der Waals surface area (Å²) in [6, 6.07) is 9.87. The van der Waals surface area contributed by atoms with Crippen molar-refractivity contribution in [3.63, 3.8) is 0 Å². The summed E-state index contributed by atoms with van der Waals surface area (Å²) in [5, 5.41) is 0.388. The largest absolute Gasteiger partial charge is 0.326 e. The molecule has 8 heteroatoms. The highest BCUT2D eigenvalue weighted by Gasteiger charge is 2.22. The van der Waals surface area contributed by atoms with Crippen molar-refractivity contribution in [2.24, 2.45) is 5.73 Å². The Labute approximate surface area is 146 Å². The van der Waals surface area contributed by atoms with E-state index in [1.807, 2.05) is 28.7 Å². The fourth-order valence-corrected chi connectivity index (χ4v) is 4.43. The van der Waals surface area contributed by atoms with Gasteiger partial charge in [0.2, 0.25) is 0 Å². The second-order valence-electron chi connectivity index (χ2n) is 4.13. The van der Waals surface area contributed by atoms with Crippen molar-refractivity contribution in [3.8, 4) is 0 Å². The monoisotopic (exact) mass is 456 g/mol. The molecule has 0 aromatic heterocycles. The van der Waals surface area contributed by atoms with Gasteiger partial charge in [-0.1, -0.05) is 35.3 Å². The van der Waals surface area contributed by atoms with Crippen LogP contribution in [-0.2, 0) is 16.6 Å². The van der Waals surface area contributed by atoms with Crippen molar-refractivity contribution in [1.82, 2.24) is 0 Å². The molecule has 0 spiro atoms. The summed E-state index contributed by atoms with van der Waals surface area (Å²) in [7, 11) is -3.82. The molecule has 0 aliphatic rings. The van der Waals surface area contributed by atoms with E-state index in [-0.39, 0.29) is 16.5 Å². The summed E-state index contributed by atoms with van der Waals surface area (Å²) in [4.78, 5) is -0.0475. The predicted molar refractivity (Wildman–Crippen MR) is 94.3 cm³/mol. The Kier molecular flexibility index (Phi) is 5.37. The van der Waals surface area contributed by atoms with E-state index >= 15 is 0 Å². The summed E-state index contributed by atoms with van der Waals surface area (Å²) >= 11 is 14.1. The first-order valence-electron chi connectivity index (χ1n) is 5.81. The average molecular weight is 457 g/mol. The van der Waals surface area contributed by atoms with Crippen molar-refractivity contribution in [2.45, 2.75) is 11.4 Å². The second kappa shape index (κ2) is 6.70. The van der Waals surface area contributed by atoms with Gasteiger partial charge in [0.1, 0.15) is 4.90 Å². The fourth-order valence-electron chi connectivity index (χ4n) is 1.71. The van der Waals surface area contributed by atoms with Crippen LogP contribution in [0.3, 0.4) is 0 Å². The van der Waals surface area contributed by atoms with Crippen molar-refractivity contribution in [3.05, 3.63) is 55.6 Å². The van der Waals surface area contributed by atoms with E-state index in [1.54, 1.807) is 18.2 Å². The van der Waals surface area contributed by atoms with Gasteiger partial charge in [0.25, 0.3) is 10.0 Å². The van der Waals surface area contributed by atoms with Crippen LogP contribution in [0.5, 0.6) is 0 Å². The van der Waals surface area contributed by atoms with E-state index < -0.39 is 10.0 Å². The number of para-hydroxylation sites is 1. The Morgan fingerprint density at radius 2 is 1.81 bits per heavy atom.